The fraction of sp³-hybridized carbons (Fsp3) is 0.455. The van der Waals surface area contributed by atoms with Gasteiger partial charge in [0.2, 0.25) is 0 Å². The number of hydrogen-bond donors (Lipinski definition) is 2. The standard InChI is InChI=1S/C11H15ClN2O/c12-11-9(6-7-15-11)10(14-13)8-4-2-1-3-5-8/h4,6-7,10,14H,1-3,5,13H2. The van der Waals surface area contributed by atoms with Gasteiger partial charge in [-0.2, -0.15) is 0 Å². The Kier molecular flexibility index (Phi) is 3.46. The lowest BCUT2D eigenvalue weighted by Gasteiger charge is -2.21. The third-order valence-corrected chi connectivity index (χ3v) is 3.13. The van der Waals surface area contributed by atoms with Crippen molar-refractivity contribution in [3.05, 3.63) is 34.8 Å². The molecule has 15 heavy (non-hydrogen) atoms. The molecule has 1 atom stereocenters. The van der Waals surface area contributed by atoms with E-state index in [0.29, 0.717) is 5.22 Å². The smallest absolute Gasteiger partial charge is 0.198 e. The first kappa shape index (κ1) is 10.7. The minimum atomic E-state index is -0.00319. The summed E-state index contributed by atoms with van der Waals surface area (Å²) in [5, 5.41) is 0.421. The van der Waals surface area contributed by atoms with Crippen molar-refractivity contribution in [2.24, 2.45) is 5.84 Å². The van der Waals surface area contributed by atoms with E-state index in [1.165, 1.54) is 18.4 Å². The first-order chi connectivity index (χ1) is 7.33. The Hall–Kier alpha value is -0.770. The highest BCUT2D eigenvalue weighted by molar-refractivity contribution is 6.29. The molecule has 1 aliphatic carbocycles. The molecular weight excluding hydrogens is 212 g/mol. The maximum absolute atomic E-state index is 5.94. The maximum atomic E-state index is 5.94. The number of furan rings is 1. The number of halogens is 1. The lowest BCUT2D eigenvalue weighted by Crippen LogP contribution is -2.29. The first-order valence-corrected chi connectivity index (χ1v) is 5.58. The summed E-state index contributed by atoms with van der Waals surface area (Å²) in [5.74, 6) is 5.57. The highest BCUT2D eigenvalue weighted by atomic mass is 35.5. The fourth-order valence-corrected chi connectivity index (χ4v) is 2.26. The molecule has 3 N–H and O–H groups in total. The molecule has 0 bridgehead atoms. The van der Waals surface area contributed by atoms with Gasteiger partial charge in [0.25, 0.3) is 0 Å². The van der Waals surface area contributed by atoms with Gasteiger partial charge in [0.1, 0.15) is 0 Å². The van der Waals surface area contributed by atoms with Gasteiger partial charge in [0.15, 0.2) is 5.22 Å². The van der Waals surface area contributed by atoms with Crippen molar-refractivity contribution in [3.8, 4) is 0 Å². The summed E-state index contributed by atoms with van der Waals surface area (Å²) in [6.07, 6.45) is 8.53. The number of nitrogens with one attached hydrogen (secondary N) is 1. The van der Waals surface area contributed by atoms with Crippen molar-refractivity contribution in [2.75, 3.05) is 0 Å². The zero-order valence-corrected chi connectivity index (χ0v) is 9.26. The van der Waals surface area contributed by atoms with Gasteiger partial charge in [0.05, 0.1) is 12.3 Å². The van der Waals surface area contributed by atoms with Crippen LogP contribution in [0.5, 0.6) is 0 Å². The van der Waals surface area contributed by atoms with Crippen molar-refractivity contribution in [2.45, 2.75) is 31.7 Å². The molecule has 0 fully saturated rings. The number of nitrogens with two attached hydrogens (primary N) is 1. The summed E-state index contributed by atoms with van der Waals surface area (Å²) in [5.41, 5.74) is 5.04. The van der Waals surface area contributed by atoms with Crippen LogP contribution in [0, 0.1) is 0 Å². The van der Waals surface area contributed by atoms with E-state index >= 15 is 0 Å². The van der Waals surface area contributed by atoms with Crippen molar-refractivity contribution in [3.63, 3.8) is 0 Å². The summed E-state index contributed by atoms with van der Waals surface area (Å²) < 4.78 is 5.08. The largest absolute Gasteiger partial charge is 0.453 e. The minimum absolute atomic E-state index is 0.00319. The number of hydrogen-bond acceptors (Lipinski definition) is 3. The molecule has 1 aromatic rings. The van der Waals surface area contributed by atoms with E-state index in [1.54, 1.807) is 6.26 Å². The van der Waals surface area contributed by atoms with E-state index in [0.717, 1.165) is 18.4 Å². The molecular formula is C11H15ClN2O. The van der Waals surface area contributed by atoms with Gasteiger partial charge in [-0.15, -0.1) is 0 Å². The summed E-state index contributed by atoms with van der Waals surface area (Å²) in [6.45, 7) is 0. The predicted molar refractivity (Wildman–Crippen MR) is 60.3 cm³/mol. The van der Waals surface area contributed by atoms with Crippen molar-refractivity contribution >= 4 is 11.6 Å². The molecule has 0 aliphatic heterocycles. The van der Waals surface area contributed by atoms with Gasteiger partial charge >= 0.3 is 0 Å². The van der Waals surface area contributed by atoms with E-state index in [4.69, 9.17) is 21.9 Å². The van der Waals surface area contributed by atoms with Crippen LogP contribution in [0.3, 0.4) is 0 Å². The highest BCUT2D eigenvalue weighted by Gasteiger charge is 2.20. The lowest BCUT2D eigenvalue weighted by molar-refractivity contribution is 0.539. The van der Waals surface area contributed by atoms with Crippen LogP contribution in [0.15, 0.2) is 28.4 Å². The molecule has 0 radical (unpaired) electrons. The SMILES string of the molecule is NNC(C1=CCCCC1)c1ccoc1Cl. The number of allylic oxidation sites excluding steroid dienone is 1. The normalized spacial score (nSPS) is 18.7. The molecule has 0 spiro atoms. The summed E-state index contributed by atoms with van der Waals surface area (Å²) in [7, 11) is 0. The minimum Gasteiger partial charge on any atom is -0.453 e. The Morgan fingerprint density at radius 1 is 1.47 bits per heavy atom. The Morgan fingerprint density at radius 3 is 2.87 bits per heavy atom. The van der Waals surface area contributed by atoms with Crippen LogP contribution in [0.1, 0.15) is 37.3 Å². The molecule has 3 nitrogen and oxygen atoms in total. The monoisotopic (exact) mass is 226 g/mol. The van der Waals surface area contributed by atoms with E-state index in [2.05, 4.69) is 11.5 Å². The lowest BCUT2D eigenvalue weighted by atomic mass is 9.91. The van der Waals surface area contributed by atoms with Crippen LogP contribution < -0.4 is 11.3 Å². The fourth-order valence-electron chi connectivity index (χ4n) is 2.03. The van der Waals surface area contributed by atoms with E-state index in [1.807, 2.05) is 6.07 Å². The van der Waals surface area contributed by atoms with Gasteiger partial charge in [-0.3, -0.25) is 5.84 Å². The van der Waals surface area contributed by atoms with Crippen LogP contribution in [0.25, 0.3) is 0 Å². The molecule has 0 saturated heterocycles. The van der Waals surface area contributed by atoms with Gasteiger partial charge in [-0.25, -0.2) is 5.43 Å². The quantitative estimate of drug-likeness (QED) is 0.473. The van der Waals surface area contributed by atoms with Gasteiger partial charge < -0.3 is 4.42 Å². The molecule has 2 rings (SSSR count). The Morgan fingerprint density at radius 2 is 2.33 bits per heavy atom. The molecule has 1 heterocycles. The zero-order chi connectivity index (χ0) is 10.7. The van der Waals surface area contributed by atoms with Gasteiger partial charge in [-0.05, 0) is 43.4 Å². The van der Waals surface area contributed by atoms with Gasteiger partial charge in [-0.1, -0.05) is 11.6 Å². The Labute approximate surface area is 94.2 Å². The zero-order valence-electron chi connectivity index (χ0n) is 8.50. The Bertz CT molecular complexity index is 359. The number of rotatable bonds is 3. The van der Waals surface area contributed by atoms with E-state index in [-0.39, 0.29) is 6.04 Å². The highest BCUT2D eigenvalue weighted by Crippen LogP contribution is 2.33. The second-order valence-electron chi connectivity index (χ2n) is 3.77. The average Bonchev–Trinajstić information content (AvgIpc) is 2.68. The molecule has 1 aromatic heterocycles. The van der Waals surface area contributed by atoms with Crippen LogP contribution in [0.4, 0.5) is 0 Å². The molecule has 0 saturated carbocycles. The summed E-state index contributed by atoms with van der Waals surface area (Å²) in [6, 6.07) is 1.86. The molecule has 4 heteroatoms. The predicted octanol–water partition coefficient (Wildman–Crippen LogP) is 2.94. The van der Waals surface area contributed by atoms with E-state index < -0.39 is 0 Å². The molecule has 0 amide bonds. The average molecular weight is 227 g/mol. The third kappa shape index (κ3) is 2.25. The van der Waals surface area contributed by atoms with Crippen LogP contribution in [-0.2, 0) is 0 Å². The molecule has 1 aliphatic rings. The van der Waals surface area contributed by atoms with Crippen LogP contribution in [0.2, 0.25) is 5.22 Å². The Balaban J connectivity index is 2.24. The first-order valence-electron chi connectivity index (χ1n) is 5.21. The van der Waals surface area contributed by atoms with Gasteiger partial charge in [0, 0.05) is 5.56 Å². The number of hydrazine groups is 1. The van der Waals surface area contributed by atoms with Crippen molar-refractivity contribution in [1.82, 2.24) is 5.43 Å². The second-order valence-corrected chi connectivity index (χ2v) is 4.12. The van der Waals surface area contributed by atoms with E-state index in [9.17, 15) is 0 Å². The van der Waals surface area contributed by atoms with Crippen molar-refractivity contribution in [1.29, 1.82) is 0 Å². The summed E-state index contributed by atoms with van der Waals surface area (Å²) >= 11 is 5.94. The maximum Gasteiger partial charge on any atom is 0.198 e. The topological polar surface area (TPSA) is 51.2 Å². The second kappa shape index (κ2) is 4.84. The van der Waals surface area contributed by atoms with Crippen LogP contribution in [-0.4, -0.2) is 0 Å². The van der Waals surface area contributed by atoms with Crippen molar-refractivity contribution < 1.29 is 4.42 Å². The molecule has 1 unspecified atom stereocenters. The summed E-state index contributed by atoms with van der Waals surface area (Å²) in [4.78, 5) is 0. The molecule has 0 aromatic carbocycles. The van der Waals surface area contributed by atoms with Crippen LogP contribution >= 0.6 is 11.6 Å². The third-order valence-electron chi connectivity index (χ3n) is 2.82. The molecule has 82 valence electrons.